The summed E-state index contributed by atoms with van der Waals surface area (Å²) in [7, 11) is 0. The Kier molecular flexibility index (Phi) is 3.28. The number of carbonyl (C=O) groups excluding carboxylic acids is 1. The molecule has 0 aromatic carbocycles. The van der Waals surface area contributed by atoms with E-state index in [2.05, 4.69) is 25.4 Å². The van der Waals surface area contributed by atoms with Crippen LogP contribution in [0.3, 0.4) is 0 Å². The van der Waals surface area contributed by atoms with Crippen LogP contribution in [0.2, 0.25) is 0 Å². The van der Waals surface area contributed by atoms with Crippen molar-refractivity contribution >= 4 is 5.91 Å². The topological polar surface area (TPSA) is 73.9 Å². The van der Waals surface area contributed by atoms with Gasteiger partial charge in [-0.05, 0) is 19.3 Å². The summed E-state index contributed by atoms with van der Waals surface area (Å²) in [6.45, 7) is 8.18. The predicted octanol–water partition coefficient (Wildman–Crippen LogP) is 1.07. The second-order valence-corrected chi connectivity index (χ2v) is 6.94. The van der Waals surface area contributed by atoms with Crippen molar-refractivity contribution in [1.82, 2.24) is 25.4 Å². The molecule has 1 aromatic heterocycles. The molecule has 0 spiro atoms. The molecular weight excluding hydrogens is 254 g/mol. The van der Waals surface area contributed by atoms with E-state index in [-0.39, 0.29) is 23.2 Å². The van der Waals surface area contributed by atoms with Crippen molar-refractivity contribution in [3.8, 4) is 0 Å². The van der Waals surface area contributed by atoms with Gasteiger partial charge in [-0.2, -0.15) is 0 Å². The molecular formula is C14H23N5O. The zero-order valence-corrected chi connectivity index (χ0v) is 12.4. The molecule has 1 unspecified atom stereocenters. The number of nitrogens with one attached hydrogen (secondary N) is 2. The Bertz CT molecular complexity index is 500. The molecule has 2 fully saturated rings. The van der Waals surface area contributed by atoms with Gasteiger partial charge in [-0.15, -0.1) is 5.10 Å². The highest BCUT2D eigenvalue weighted by atomic mass is 16.2. The van der Waals surface area contributed by atoms with Crippen LogP contribution in [0.1, 0.15) is 56.5 Å². The third-order valence-electron chi connectivity index (χ3n) is 4.02. The van der Waals surface area contributed by atoms with Gasteiger partial charge in [-0.25, -0.2) is 4.98 Å². The van der Waals surface area contributed by atoms with Gasteiger partial charge >= 0.3 is 0 Å². The van der Waals surface area contributed by atoms with E-state index in [1.807, 2.05) is 20.8 Å². The molecule has 2 aliphatic rings. The van der Waals surface area contributed by atoms with Crippen LogP contribution in [0.5, 0.6) is 0 Å². The Morgan fingerprint density at radius 1 is 1.35 bits per heavy atom. The fourth-order valence-electron chi connectivity index (χ4n) is 2.63. The Morgan fingerprint density at radius 3 is 2.70 bits per heavy atom. The molecule has 0 radical (unpaired) electrons. The standard InChI is InChI=1S/C14H23N5O/c1-14(2,3)13-16-11(17-18-13)12(20)15-9-6-7-19(8-9)10-4-5-10/h9-10H,4-8H2,1-3H3,(H,15,20)(H,16,17,18). The third-order valence-corrected chi connectivity index (χ3v) is 4.02. The number of aromatic nitrogens is 3. The summed E-state index contributed by atoms with van der Waals surface area (Å²) in [6, 6.07) is 1.01. The quantitative estimate of drug-likeness (QED) is 0.866. The molecule has 3 rings (SSSR count). The van der Waals surface area contributed by atoms with E-state index in [4.69, 9.17) is 0 Å². The van der Waals surface area contributed by atoms with Gasteiger partial charge in [-0.1, -0.05) is 20.8 Å². The average molecular weight is 277 g/mol. The van der Waals surface area contributed by atoms with Crippen LogP contribution in [-0.4, -0.2) is 51.2 Å². The lowest BCUT2D eigenvalue weighted by Gasteiger charge is -2.15. The zero-order valence-electron chi connectivity index (χ0n) is 12.4. The maximum Gasteiger partial charge on any atom is 0.291 e. The lowest BCUT2D eigenvalue weighted by Crippen LogP contribution is -2.38. The third kappa shape index (κ3) is 2.85. The number of aromatic amines is 1. The van der Waals surface area contributed by atoms with Crippen LogP contribution in [0, 0.1) is 0 Å². The molecule has 1 aromatic rings. The fourth-order valence-corrected chi connectivity index (χ4v) is 2.63. The van der Waals surface area contributed by atoms with Crippen LogP contribution >= 0.6 is 0 Å². The highest BCUT2D eigenvalue weighted by Gasteiger charge is 2.35. The van der Waals surface area contributed by atoms with Gasteiger partial charge in [0.2, 0.25) is 5.82 Å². The Morgan fingerprint density at radius 2 is 2.10 bits per heavy atom. The summed E-state index contributed by atoms with van der Waals surface area (Å²) < 4.78 is 0. The minimum absolute atomic E-state index is 0.123. The van der Waals surface area contributed by atoms with Gasteiger partial charge in [0.05, 0.1) is 0 Å². The molecule has 1 atom stereocenters. The van der Waals surface area contributed by atoms with Crippen LogP contribution < -0.4 is 5.32 Å². The minimum atomic E-state index is -0.167. The number of hydrogen-bond donors (Lipinski definition) is 2. The maximum atomic E-state index is 12.2. The first-order chi connectivity index (χ1) is 9.43. The summed E-state index contributed by atoms with van der Waals surface area (Å²) in [4.78, 5) is 18.9. The van der Waals surface area contributed by atoms with Crippen molar-refractivity contribution in [3.63, 3.8) is 0 Å². The Balaban J connectivity index is 1.58. The van der Waals surface area contributed by atoms with E-state index >= 15 is 0 Å². The van der Waals surface area contributed by atoms with Gasteiger partial charge in [-0.3, -0.25) is 14.8 Å². The molecule has 0 bridgehead atoms. The molecule has 6 nitrogen and oxygen atoms in total. The molecule has 2 N–H and O–H groups in total. The molecule has 20 heavy (non-hydrogen) atoms. The normalized spacial score (nSPS) is 24.1. The highest BCUT2D eigenvalue weighted by Crippen LogP contribution is 2.29. The first-order valence-electron chi connectivity index (χ1n) is 7.41. The predicted molar refractivity (Wildman–Crippen MR) is 75.5 cm³/mol. The van der Waals surface area contributed by atoms with Crippen LogP contribution in [-0.2, 0) is 5.41 Å². The summed E-state index contributed by atoms with van der Waals surface area (Å²) >= 11 is 0. The maximum absolute atomic E-state index is 12.2. The van der Waals surface area contributed by atoms with E-state index in [1.165, 1.54) is 12.8 Å². The van der Waals surface area contributed by atoms with E-state index in [9.17, 15) is 4.79 Å². The number of rotatable bonds is 3. The summed E-state index contributed by atoms with van der Waals surface area (Å²) in [6.07, 6.45) is 3.66. The Hall–Kier alpha value is -1.43. The second-order valence-electron chi connectivity index (χ2n) is 6.94. The molecule has 1 saturated carbocycles. The molecule has 1 amide bonds. The van der Waals surface area contributed by atoms with E-state index in [0.717, 1.165) is 31.4 Å². The number of hydrogen-bond acceptors (Lipinski definition) is 4. The van der Waals surface area contributed by atoms with Crippen molar-refractivity contribution in [2.75, 3.05) is 13.1 Å². The minimum Gasteiger partial charge on any atom is -0.345 e. The van der Waals surface area contributed by atoms with Gasteiger partial charge < -0.3 is 5.32 Å². The lowest BCUT2D eigenvalue weighted by atomic mass is 9.96. The van der Waals surface area contributed by atoms with Crippen LogP contribution in [0.15, 0.2) is 0 Å². The molecule has 110 valence electrons. The number of amides is 1. The van der Waals surface area contributed by atoms with Crippen molar-refractivity contribution < 1.29 is 4.79 Å². The summed E-state index contributed by atoms with van der Waals surface area (Å²) in [5.41, 5.74) is -0.123. The zero-order chi connectivity index (χ0) is 14.3. The number of likely N-dealkylation sites (tertiary alicyclic amines) is 1. The molecule has 2 heterocycles. The molecule has 1 aliphatic carbocycles. The first kappa shape index (κ1) is 13.5. The number of nitrogens with zero attached hydrogens (tertiary/aromatic N) is 3. The van der Waals surface area contributed by atoms with Gasteiger partial charge in [0.25, 0.3) is 5.91 Å². The SMILES string of the molecule is CC(C)(C)c1nc(C(=O)NC2CCN(C3CC3)C2)n[nH]1. The van der Waals surface area contributed by atoms with Gasteiger partial charge in [0, 0.05) is 30.6 Å². The molecule has 6 heteroatoms. The average Bonchev–Trinajstić information content (AvgIpc) is 2.91. The summed E-state index contributed by atoms with van der Waals surface area (Å²) in [5.74, 6) is 0.827. The number of carbonyl (C=O) groups is 1. The molecule has 1 aliphatic heterocycles. The van der Waals surface area contributed by atoms with Crippen molar-refractivity contribution in [2.45, 2.75) is 57.5 Å². The summed E-state index contributed by atoms with van der Waals surface area (Å²) in [5, 5.41) is 9.93. The number of H-pyrrole nitrogens is 1. The fraction of sp³-hybridized carbons (Fsp3) is 0.786. The van der Waals surface area contributed by atoms with E-state index in [0.29, 0.717) is 0 Å². The van der Waals surface area contributed by atoms with Crippen LogP contribution in [0.25, 0.3) is 0 Å². The lowest BCUT2D eigenvalue weighted by molar-refractivity contribution is 0.0927. The van der Waals surface area contributed by atoms with Crippen molar-refractivity contribution in [1.29, 1.82) is 0 Å². The smallest absolute Gasteiger partial charge is 0.291 e. The second kappa shape index (κ2) is 4.84. The molecule has 1 saturated heterocycles. The van der Waals surface area contributed by atoms with Gasteiger partial charge in [0.15, 0.2) is 0 Å². The monoisotopic (exact) mass is 277 g/mol. The van der Waals surface area contributed by atoms with Crippen molar-refractivity contribution in [3.05, 3.63) is 11.6 Å². The first-order valence-corrected chi connectivity index (χ1v) is 7.41. The van der Waals surface area contributed by atoms with Gasteiger partial charge in [0.1, 0.15) is 5.82 Å². The van der Waals surface area contributed by atoms with Crippen LogP contribution in [0.4, 0.5) is 0 Å². The highest BCUT2D eigenvalue weighted by molar-refractivity contribution is 5.90. The largest absolute Gasteiger partial charge is 0.345 e. The van der Waals surface area contributed by atoms with E-state index in [1.54, 1.807) is 0 Å². The Labute approximate surface area is 119 Å². The van der Waals surface area contributed by atoms with Crippen molar-refractivity contribution in [2.24, 2.45) is 0 Å². The van der Waals surface area contributed by atoms with E-state index < -0.39 is 0 Å².